The van der Waals surface area contributed by atoms with Crippen LogP contribution in [0.1, 0.15) is 41.0 Å². The first-order valence-corrected chi connectivity index (χ1v) is 8.84. The van der Waals surface area contributed by atoms with Crippen LogP contribution in [0.2, 0.25) is 10.0 Å². The van der Waals surface area contributed by atoms with Gasteiger partial charge in [-0.2, -0.15) is 0 Å². The van der Waals surface area contributed by atoms with Gasteiger partial charge in [0.1, 0.15) is 0 Å². The molecule has 0 saturated carbocycles. The molecule has 9 heteroatoms. The lowest BCUT2D eigenvalue weighted by molar-refractivity contribution is 0.0911. The first kappa shape index (κ1) is 18.1. The number of carbonyl (C=O) groups is 1. The van der Waals surface area contributed by atoms with Gasteiger partial charge in [-0.15, -0.1) is 5.10 Å². The summed E-state index contributed by atoms with van der Waals surface area (Å²) < 4.78 is 1.74. The van der Waals surface area contributed by atoms with E-state index in [4.69, 9.17) is 23.2 Å². The van der Waals surface area contributed by atoms with Crippen LogP contribution in [0.3, 0.4) is 0 Å². The highest BCUT2D eigenvalue weighted by Crippen LogP contribution is 2.26. The number of amides is 1. The number of piperidine rings is 1. The molecule has 0 aliphatic carbocycles. The summed E-state index contributed by atoms with van der Waals surface area (Å²) in [5.41, 5.74) is 0.734. The molecule has 134 valence electrons. The predicted molar refractivity (Wildman–Crippen MR) is 94.9 cm³/mol. The molecule has 1 saturated heterocycles. The van der Waals surface area contributed by atoms with Crippen molar-refractivity contribution in [2.75, 3.05) is 19.6 Å². The van der Waals surface area contributed by atoms with E-state index in [1.807, 2.05) is 0 Å². The summed E-state index contributed by atoms with van der Waals surface area (Å²) in [4.78, 5) is 12.2. The Balaban J connectivity index is 1.58. The van der Waals surface area contributed by atoms with E-state index in [9.17, 15) is 9.90 Å². The molecule has 3 N–H and O–H groups in total. The molecule has 1 amide bonds. The molecule has 1 aliphatic heterocycles. The molecule has 2 aromatic rings. The maximum Gasteiger partial charge on any atom is 0.273 e. The molecule has 1 aromatic carbocycles. The highest BCUT2D eigenvalue weighted by atomic mass is 35.5. The van der Waals surface area contributed by atoms with Gasteiger partial charge in [-0.25, -0.2) is 4.68 Å². The minimum atomic E-state index is -0.937. The van der Waals surface area contributed by atoms with Crippen molar-refractivity contribution in [1.29, 1.82) is 0 Å². The lowest BCUT2D eigenvalue weighted by Crippen LogP contribution is -2.30. The fourth-order valence-corrected chi connectivity index (χ4v) is 3.33. The van der Waals surface area contributed by atoms with Crippen molar-refractivity contribution in [1.82, 2.24) is 25.6 Å². The number of hydrogen-bond donors (Lipinski definition) is 3. The van der Waals surface area contributed by atoms with Crippen molar-refractivity contribution >= 4 is 29.1 Å². The van der Waals surface area contributed by atoms with Gasteiger partial charge in [-0.1, -0.05) is 34.5 Å². The van der Waals surface area contributed by atoms with Crippen molar-refractivity contribution in [3.05, 3.63) is 45.7 Å². The van der Waals surface area contributed by atoms with Crippen LogP contribution in [-0.2, 0) is 0 Å². The van der Waals surface area contributed by atoms with Gasteiger partial charge in [0.2, 0.25) is 0 Å². The van der Waals surface area contributed by atoms with Crippen molar-refractivity contribution in [3.63, 3.8) is 0 Å². The van der Waals surface area contributed by atoms with Crippen molar-refractivity contribution in [2.45, 2.75) is 25.0 Å². The quantitative estimate of drug-likeness (QED) is 0.733. The molecule has 2 heterocycles. The number of aromatic nitrogens is 3. The Hall–Kier alpha value is -1.67. The third-order valence-electron chi connectivity index (χ3n) is 4.20. The Morgan fingerprint density at radius 3 is 2.88 bits per heavy atom. The number of hydrogen-bond acceptors (Lipinski definition) is 5. The first-order valence-electron chi connectivity index (χ1n) is 8.08. The second-order valence-electron chi connectivity index (χ2n) is 5.96. The van der Waals surface area contributed by atoms with Crippen LogP contribution in [0, 0.1) is 0 Å². The maximum absolute atomic E-state index is 12.2. The van der Waals surface area contributed by atoms with Gasteiger partial charge >= 0.3 is 0 Å². The minimum absolute atomic E-state index is 0.0143. The lowest BCUT2D eigenvalue weighted by atomic mass is 10.1. The number of aliphatic hydroxyl groups is 1. The highest BCUT2D eigenvalue weighted by molar-refractivity contribution is 6.35. The third kappa shape index (κ3) is 4.49. The zero-order valence-corrected chi connectivity index (χ0v) is 15.0. The molecule has 0 spiro atoms. The average Bonchev–Trinajstić information content (AvgIpc) is 3.10. The molecule has 0 unspecified atom stereocenters. The van der Waals surface area contributed by atoms with Crippen LogP contribution < -0.4 is 10.6 Å². The number of benzene rings is 1. The minimum Gasteiger partial charge on any atom is -0.387 e. The van der Waals surface area contributed by atoms with E-state index >= 15 is 0 Å². The number of carbonyl (C=O) groups excluding carboxylic acids is 1. The van der Waals surface area contributed by atoms with Gasteiger partial charge < -0.3 is 15.7 Å². The third-order valence-corrected chi connectivity index (χ3v) is 4.77. The van der Waals surface area contributed by atoms with Crippen molar-refractivity contribution in [2.24, 2.45) is 0 Å². The molecule has 1 fully saturated rings. The monoisotopic (exact) mass is 383 g/mol. The molecule has 3 rings (SSSR count). The van der Waals surface area contributed by atoms with E-state index in [1.54, 1.807) is 29.1 Å². The molecular formula is C16H19Cl2N5O2. The van der Waals surface area contributed by atoms with Crippen LogP contribution in [0.4, 0.5) is 0 Å². The lowest BCUT2D eigenvalue weighted by Gasteiger charge is -2.22. The van der Waals surface area contributed by atoms with E-state index in [1.165, 1.54) is 0 Å². The zero-order valence-electron chi connectivity index (χ0n) is 13.5. The summed E-state index contributed by atoms with van der Waals surface area (Å²) in [7, 11) is 0. The fraction of sp³-hybridized carbons (Fsp3) is 0.438. The SMILES string of the molecule is O=C(NC[C@@H](O)c1ccc(Cl)cc1Cl)c1cn(C2CCNCC2)nn1. The molecule has 25 heavy (non-hydrogen) atoms. The van der Waals surface area contributed by atoms with Crippen molar-refractivity contribution < 1.29 is 9.90 Å². The zero-order chi connectivity index (χ0) is 17.8. The van der Waals surface area contributed by atoms with Crippen LogP contribution >= 0.6 is 23.2 Å². The normalized spacial score (nSPS) is 16.6. The molecule has 1 atom stereocenters. The van der Waals surface area contributed by atoms with Gasteiger partial charge in [0.15, 0.2) is 5.69 Å². The molecule has 7 nitrogen and oxygen atoms in total. The Kier molecular flexibility index (Phi) is 5.90. The Morgan fingerprint density at radius 2 is 2.16 bits per heavy atom. The second kappa shape index (κ2) is 8.14. The van der Waals surface area contributed by atoms with E-state index < -0.39 is 6.10 Å². The Morgan fingerprint density at radius 1 is 1.40 bits per heavy atom. The Labute approximate surface area is 155 Å². The summed E-state index contributed by atoms with van der Waals surface area (Å²) in [6, 6.07) is 5.08. The highest BCUT2D eigenvalue weighted by Gasteiger charge is 2.19. The number of aliphatic hydroxyl groups excluding tert-OH is 1. The molecule has 0 bridgehead atoms. The number of rotatable bonds is 5. The smallest absolute Gasteiger partial charge is 0.273 e. The number of halogens is 2. The molecular weight excluding hydrogens is 365 g/mol. The van der Waals surface area contributed by atoms with E-state index in [2.05, 4.69) is 20.9 Å². The van der Waals surface area contributed by atoms with Crippen LogP contribution in [0.5, 0.6) is 0 Å². The Bertz CT molecular complexity index is 746. The van der Waals surface area contributed by atoms with Gasteiger partial charge in [0, 0.05) is 22.2 Å². The van der Waals surface area contributed by atoms with Crippen LogP contribution in [-0.4, -0.2) is 45.6 Å². The van der Waals surface area contributed by atoms with Crippen LogP contribution in [0.15, 0.2) is 24.4 Å². The summed E-state index contributed by atoms with van der Waals surface area (Å²) >= 11 is 11.9. The standard InChI is InChI=1S/C16H19Cl2N5O2/c17-10-1-2-12(13(18)7-10)15(24)8-20-16(25)14-9-23(22-21-14)11-3-5-19-6-4-11/h1-2,7,9,11,15,19,24H,3-6,8H2,(H,20,25)/t15-/m1/s1. The summed E-state index contributed by atoms with van der Waals surface area (Å²) in [5.74, 6) is -0.385. The summed E-state index contributed by atoms with van der Waals surface area (Å²) in [6.45, 7) is 1.88. The number of nitrogens with zero attached hydrogens (tertiary/aromatic N) is 3. The first-order chi connectivity index (χ1) is 12.0. The topological polar surface area (TPSA) is 92.1 Å². The molecule has 1 aromatic heterocycles. The van der Waals surface area contributed by atoms with Gasteiger partial charge in [0.25, 0.3) is 5.91 Å². The number of nitrogens with one attached hydrogen (secondary N) is 2. The average molecular weight is 384 g/mol. The van der Waals surface area contributed by atoms with Crippen molar-refractivity contribution in [3.8, 4) is 0 Å². The van der Waals surface area contributed by atoms with Crippen LogP contribution in [0.25, 0.3) is 0 Å². The largest absolute Gasteiger partial charge is 0.387 e. The van der Waals surface area contributed by atoms with E-state index in [-0.39, 0.29) is 24.2 Å². The summed E-state index contributed by atoms with van der Waals surface area (Å²) in [5, 5.41) is 25.0. The van der Waals surface area contributed by atoms with E-state index in [0.717, 1.165) is 25.9 Å². The summed E-state index contributed by atoms with van der Waals surface area (Å²) in [6.07, 6.45) is 2.62. The molecule has 0 radical (unpaired) electrons. The van der Waals surface area contributed by atoms with Gasteiger partial charge in [-0.3, -0.25) is 4.79 Å². The van der Waals surface area contributed by atoms with Gasteiger partial charge in [0.05, 0.1) is 18.3 Å². The van der Waals surface area contributed by atoms with E-state index in [0.29, 0.717) is 15.6 Å². The fourth-order valence-electron chi connectivity index (χ4n) is 2.79. The second-order valence-corrected chi connectivity index (χ2v) is 6.80. The van der Waals surface area contributed by atoms with Gasteiger partial charge in [-0.05, 0) is 38.1 Å². The maximum atomic E-state index is 12.2. The molecule has 1 aliphatic rings. The predicted octanol–water partition coefficient (Wildman–Crippen LogP) is 1.97.